The summed E-state index contributed by atoms with van der Waals surface area (Å²) in [5.74, 6) is -0.133. The Morgan fingerprint density at radius 3 is 2.70 bits per heavy atom. The summed E-state index contributed by atoms with van der Waals surface area (Å²) in [6, 6.07) is 4.86. The van der Waals surface area contributed by atoms with E-state index in [4.69, 9.17) is 23.2 Å². The number of hydrogen-bond acceptors (Lipinski definition) is 2. The highest BCUT2D eigenvalue weighted by molar-refractivity contribution is 6.42. The molecule has 0 bridgehead atoms. The van der Waals surface area contributed by atoms with E-state index in [9.17, 15) is 9.59 Å². The van der Waals surface area contributed by atoms with E-state index < -0.39 is 6.04 Å². The minimum atomic E-state index is -0.437. The number of rotatable bonds is 3. The average molecular weight is 315 g/mol. The van der Waals surface area contributed by atoms with Crippen molar-refractivity contribution in [2.24, 2.45) is 0 Å². The third-order valence-electron chi connectivity index (χ3n) is 3.32. The summed E-state index contributed by atoms with van der Waals surface area (Å²) in [5.41, 5.74) is 0.900. The van der Waals surface area contributed by atoms with Gasteiger partial charge in [0, 0.05) is 19.5 Å². The van der Waals surface area contributed by atoms with Crippen molar-refractivity contribution in [3.05, 3.63) is 33.8 Å². The first kappa shape index (κ1) is 15.1. The Labute approximate surface area is 128 Å². The molecule has 108 valence electrons. The van der Waals surface area contributed by atoms with Crippen molar-refractivity contribution >= 4 is 35.0 Å². The maximum atomic E-state index is 12.3. The van der Waals surface area contributed by atoms with Crippen LogP contribution >= 0.6 is 23.2 Å². The van der Waals surface area contributed by atoms with Gasteiger partial charge in [-0.05, 0) is 24.1 Å². The lowest BCUT2D eigenvalue weighted by molar-refractivity contribution is -0.134. The fraction of sp³-hybridized carbons (Fsp3) is 0.429. The molecule has 1 heterocycles. The van der Waals surface area contributed by atoms with Crippen LogP contribution in [0.1, 0.15) is 25.3 Å². The van der Waals surface area contributed by atoms with E-state index in [0.717, 1.165) is 5.56 Å². The first-order chi connectivity index (χ1) is 9.51. The van der Waals surface area contributed by atoms with E-state index in [1.165, 1.54) is 0 Å². The zero-order valence-electron chi connectivity index (χ0n) is 11.2. The molecular weight excluding hydrogens is 299 g/mol. The maximum Gasteiger partial charge on any atom is 0.245 e. The third kappa shape index (κ3) is 3.44. The number of hydrogen-bond donors (Lipinski definition) is 1. The van der Waals surface area contributed by atoms with Crippen LogP contribution in [0.3, 0.4) is 0 Å². The van der Waals surface area contributed by atoms with E-state index in [1.54, 1.807) is 17.0 Å². The van der Waals surface area contributed by atoms with E-state index in [1.807, 2.05) is 13.0 Å². The van der Waals surface area contributed by atoms with Crippen LogP contribution in [0.15, 0.2) is 18.2 Å². The number of amides is 2. The summed E-state index contributed by atoms with van der Waals surface area (Å²) < 4.78 is 0. The molecule has 1 aromatic rings. The molecule has 1 fully saturated rings. The van der Waals surface area contributed by atoms with Gasteiger partial charge in [-0.1, -0.05) is 36.2 Å². The largest absolute Gasteiger partial charge is 0.344 e. The quantitative estimate of drug-likeness (QED) is 0.932. The van der Waals surface area contributed by atoms with Gasteiger partial charge in [0.2, 0.25) is 11.8 Å². The Bertz CT molecular complexity index is 534. The van der Waals surface area contributed by atoms with Crippen molar-refractivity contribution in [1.29, 1.82) is 0 Å². The summed E-state index contributed by atoms with van der Waals surface area (Å²) >= 11 is 11.9. The molecule has 0 spiro atoms. The summed E-state index contributed by atoms with van der Waals surface area (Å²) in [6.45, 7) is 2.73. The normalized spacial score (nSPS) is 19.8. The van der Waals surface area contributed by atoms with Crippen LogP contribution in [0, 0.1) is 0 Å². The van der Waals surface area contributed by atoms with Crippen molar-refractivity contribution in [2.45, 2.75) is 32.4 Å². The number of nitrogens with one attached hydrogen (secondary N) is 1. The van der Waals surface area contributed by atoms with Crippen LogP contribution in [0.5, 0.6) is 0 Å². The minimum Gasteiger partial charge on any atom is -0.344 e. The van der Waals surface area contributed by atoms with Crippen molar-refractivity contribution < 1.29 is 9.59 Å². The highest BCUT2D eigenvalue weighted by atomic mass is 35.5. The van der Waals surface area contributed by atoms with Gasteiger partial charge >= 0.3 is 0 Å². The molecule has 1 N–H and O–H groups in total. The summed E-state index contributed by atoms with van der Waals surface area (Å²) in [4.78, 5) is 25.6. The lowest BCUT2D eigenvalue weighted by Crippen LogP contribution is -2.43. The van der Waals surface area contributed by atoms with Crippen molar-refractivity contribution in [2.75, 3.05) is 6.54 Å². The lowest BCUT2D eigenvalue weighted by Gasteiger charge is -2.23. The van der Waals surface area contributed by atoms with E-state index in [-0.39, 0.29) is 11.8 Å². The fourth-order valence-corrected chi connectivity index (χ4v) is 2.51. The molecule has 6 heteroatoms. The predicted octanol–water partition coefficient (Wildman–Crippen LogP) is 2.62. The lowest BCUT2D eigenvalue weighted by atomic mass is 10.1. The second-order valence-corrected chi connectivity index (χ2v) is 5.60. The molecule has 1 aromatic carbocycles. The SMILES string of the molecule is CCC1NC(=O)CCN(Cc2ccc(Cl)c(Cl)c2)C1=O. The Morgan fingerprint density at radius 1 is 1.30 bits per heavy atom. The molecular formula is C14H16Cl2N2O2. The van der Waals surface area contributed by atoms with Crippen LogP contribution in [0.2, 0.25) is 10.0 Å². The molecule has 0 aromatic heterocycles. The van der Waals surface area contributed by atoms with E-state index in [2.05, 4.69) is 5.32 Å². The van der Waals surface area contributed by atoms with Gasteiger partial charge in [0.1, 0.15) is 6.04 Å². The molecule has 20 heavy (non-hydrogen) atoms. The molecule has 0 radical (unpaired) electrons. The summed E-state index contributed by atoms with van der Waals surface area (Å²) in [5, 5.41) is 3.69. The highest BCUT2D eigenvalue weighted by Crippen LogP contribution is 2.23. The van der Waals surface area contributed by atoms with Crippen LogP contribution in [0.25, 0.3) is 0 Å². The van der Waals surface area contributed by atoms with Gasteiger partial charge in [0.15, 0.2) is 0 Å². The number of carbonyl (C=O) groups is 2. The van der Waals surface area contributed by atoms with Gasteiger partial charge in [-0.15, -0.1) is 0 Å². The predicted molar refractivity (Wildman–Crippen MR) is 78.7 cm³/mol. The van der Waals surface area contributed by atoms with Crippen LogP contribution in [-0.2, 0) is 16.1 Å². The standard InChI is InChI=1S/C14H16Cl2N2O2/c1-2-12-14(20)18(6-5-13(19)17-12)8-9-3-4-10(15)11(16)7-9/h3-4,7,12H,2,5-6,8H2,1H3,(H,17,19). The van der Waals surface area contributed by atoms with Gasteiger partial charge in [-0.3, -0.25) is 9.59 Å². The third-order valence-corrected chi connectivity index (χ3v) is 4.06. The summed E-state index contributed by atoms with van der Waals surface area (Å²) in [7, 11) is 0. The molecule has 1 atom stereocenters. The smallest absolute Gasteiger partial charge is 0.245 e. The minimum absolute atomic E-state index is 0.0515. The maximum absolute atomic E-state index is 12.3. The Morgan fingerprint density at radius 2 is 2.05 bits per heavy atom. The van der Waals surface area contributed by atoms with Crippen LogP contribution < -0.4 is 5.32 Å². The Hall–Kier alpha value is -1.26. The van der Waals surface area contributed by atoms with Crippen LogP contribution in [0.4, 0.5) is 0 Å². The van der Waals surface area contributed by atoms with Crippen LogP contribution in [-0.4, -0.2) is 29.3 Å². The first-order valence-electron chi connectivity index (χ1n) is 6.53. The Kier molecular flexibility index (Phi) is 4.89. The molecule has 1 aliphatic heterocycles. The molecule has 1 saturated heterocycles. The molecule has 1 aliphatic rings. The summed E-state index contributed by atoms with van der Waals surface area (Å²) in [6.07, 6.45) is 0.909. The van der Waals surface area contributed by atoms with Gasteiger partial charge in [-0.25, -0.2) is 0 Å². The monoisotopic (exact) mass is 314 g/mol. The second kappa shape index (κ2) is 6.46. The highest BCUT2D eigenvalue weighted by Gasteiger charge is 2.28. The van der Waals surface area contributed by atoms with Gasteiger partial charge in [0.25, 0.3) is 0 Å². The zero-order chi connectivity index (χ0) is 14.7. The molecule has 1 unspecified atom stereocenters. The second-order valence-electron chi connectivity index (χ2n) is 4.79. The molecule has 4 nitrogen and oxygen atoms in total. The van der Waals surface area contributed by atoms with E-state index >= 15 is 0 Å². The van der Waals surface area contributed by atoms with Gasteiger partial charge in [0.05, 0.1) is 10.0 Å². The number of benzene rings is 1. The number of halogens is 2. The molecule has 0 saturated carbocycles. The average Bonchev–Trinajstić information content (AvgIpc) is 2.55. The van der Waals surface area contributed by atoms with Gasteiger partial charge in [-0.2, -0.15) is 0 Å². The van der Waals surface area contributed by atoms with Crippen molar-refractivity contribution in [1.82, 2.24) is 10.2 Å². The number of carbonyl (C=O) groups excluding carboxylic acids is 2. The topological polar surface area (TPSA) is 49.4 Å². The molecule has 2 rings (SSSR count). The van der Waals surface area contributed by atoms with Gasteiger partial charge < -0.3 is 10.2 Å². The number of nitrogens with zero attached hydrogens (tertiary/aromatic N) is 1. The van der Waals surface area contributed by atoms with Crippen molar-refractivity contribution in [3.63, 3.8) is 0 Å². The van der Waals surface area contributed by atoms with Crippen molar-refractivity contribution in [3.8, 4) is 0 Å². The molecule has 0 aliphatic carbocycles. The zero-order valence-corrected chi connectivity index (χ0v) is 12.7. The fourth-order valence-electron chi connectivity index (χ4n) is 2.19. The first-order valence-corrected chi connectivity index (χ1v) is 7.29. The Balaban J connectivity index is 2.15. The van der Waals surface area contributed by atoms with E-state index in [0.29, 0.717) is 36.0 Å². The molecule has 2 amide bonds.